The molecule has 0 bridgehead atoms. The molecule has 0 radical (unpaired) electrons. The van der Waals surface area contributed by atoms with Crippen LogP contribution in [0.3, 0.4) is 0 Å². The average molecular weight is 406 g/mol. The molecule has 3 aliphatic rings. The number of quaternary nitrogens is 1. The number of fused-ring (bicyclic) bond motifs is 4. The van der Waals surface area contributed by atoms with Crippen molar-refractivity contribution >= 4 is 40.9 Å². The highest BCUT2D eigenvalue weighted by Crippen LogP contribution is 2.49. The predicted octanol–water partition coefficient (Wildman–Crippen LogP) is -0.290. The third-order valence-electron chi connectivity index (χ3n) is 6.09. The standard InChI is InChI=1S/C19H21ClN4O4/c1-2-3-6-24-16(26)14-12(8-13(21)25)23-19(15(14)17(24)27)10-7-9(20)4-5-11(10)22-18(19)28/h4-5,7,12,14-15,23H,2-3,6,8H2,1H3,(H2,21,25)(H,22,28)/p+1/t12-,14-,15+,19+/m1/s1. The summed E-state index contributed by atoms with van der Waals surface area (Å²) in [6.45, 7) is 2.28. The van der Waals surface area contributed by atoms with E-state index >= 15 is 0 Å². The van der Waals surface area contributed by atoms with Crippen LogP contribution in [0.15, 0.2) is 18.2 Å². The first-order valence-corrected chi connectivity index (χ1v) is 9.80. The van der Waals surface area contributed by atoms with Crippen molar-refractivity contribution < 1.29 is 24.5 Å². The molecule has 148 valence electrons. The SMILES string of the molecule is CCCCN1C(=O)[C@H]2[C@@H](C1=O)[C@]1([NH2+][C@@H]2CC(N)=O)C(=O)Nc2ccc(Cl)cc21. The van der Waals surface area contributed by atoms with Crippen molar-refractivity contribution in [2.45, 2.75) is 37.8 Å². The lowest BCUT2D eigenvalue weighted by atomic mass is 9.76. The second kappa shape index (κ2) is 6.56. The number of primary amides is 1. The number of nitrogens with one attached hydrogen (secondary N) is 1. The zero-order valence-electron chi connectivity index (χ0n) is 15.4. The predicted molar refractivity (Wildman–Crippen MR) is 99.9 cm³/mol. The lowest BCUT2D eigenvalue weighted by molar-refractivity contribution is -0.732. The van der Waals surface area contributed by atoms with Gasteiger partial charge in [-0.1, -0.05) is 24.9 Å². The van der Waals surface area contributed by atoms with E-state index in [-0.39, 0.29) is 24.1 Å². The highest BCUT2D eigenvalue weighted by atomic mass is 35.5. The summed E-state index contributed by atoms with van der Waals surface area (Å²) in [6.07, 6.45) is 1.42. The monoisotopic (exact) mass is 405 g/mol. The Morgan fingerprint density at radius 3 is 2.75 bits per heavy atom. The van der Waals surface area contributed by atoms with E-state index in [1.165, 1.54) is 4.90 Å². The molecule has 0 aromatic heterocycles. The zero-order chi connectivity index (χ0) is 20.2. The second-order valence-corrected chi connectivity index (χ2v) is 8.14. The Balaban J connectivity index is 1.85. The molecule has 2 fully saturated rings. The molecule has 0 unspecified atom stereocenters. The number of hydrogen-bond donors (Lipinski definition) is 3. The number of hydrogen-bond acceptors (Lipinski definition) is 4. The molecule has 5 N–H and O–H groups in total. The van der Waals surface area contributed by atoms with E-state index in [0.29, 0.717) is 29.2 Å². The van der Waals surface area contributed by atoms with Gasteiger partial charge in [0.2, 0.25) is 23.3 Å². The molecular formula is C19H22ClN4O4+. The Bertz CT molecular complexity index is 904. The minimum absolute atomic E-state index is 0.0905. The van der Waals surface area contributed by atoms with Gasteiger partial charge in [0.05, 0.1) is 12.1 Å². The highest BCUT2D eigenvalue weighted by Gasteiger charge is 2.74. The van der Waals surface area contributed by atoms with Crippen LogP contribution >= 0.6 is 11.6 Å². The summed E-state index contributed by atoms with van der Waals surface area (Å²) in [5.74, 6) is -3.30. The molecule has 2 saturated heterocycles. The minimum atomic E-state index is -1.32. The number of nitrogens with two attached hydrogens (primary N) is 2. The average Bonchev–Trinajstić information content (AvgIpc) is 3.19. The molecule has 8 nitrogen and oxygen atoms in total. The molecule has 4 amide bonds. The van der Waals surface area contributed by atoms with Gasteiger partial charge < -0.3 is 16.4 Å². The van der Waals surface area contributed by atoms with Gasteiger partial charge in [0.1, 0.15) is 17.9 Å². The Morgan fingerprint density at radius 2 is 2.07 bits per heavy atom. The zero-order valence-corrected chi connectivity index (χ0v) is 16.2. The smallest absolute Gasteiger partial charge is 0.291 e. The summed E-state index contributed by atoms with van der Waals surface area (Å²) in [5.41, 5.74) is 5.22. The van der Waals surface area contributed by atoms with Crippen LogP contribution in [0.25, 0.3) is 0 Å². The van der Waals surface area contributed by atoms with E-state index < -0.39 is 29.3 Å². The Kier molecular flexibility index (Phi) is 4.43. The van der Waals surface area contributed by atoms with E-state index in [4.69, 9.17) is 17.3 Å². The fourth-order valence-corrected chi connectivity index (χ4v) is 5.12. The number of anilines is 1. The van der Waals surface area contributed by atoms with Gasteiger partial charge in [-0.25, -0.2) is 0 Å². The first-order chi connectivity index (χ1) is 13.3. The molecule has 0 aliphatic carbocycles. The summed E-state index contributed by atoms with van der Waals surface area (Å²) in [4.78, 5) is 52.4. The van der Waals surface area contributed by atoms with Crippen molar-refractivity contribution in [3.63, 3.8) is 0 Å². The molecule has 3 aliphatic heterocycles. The number of carbonyl (C=O) groups excluding carboxylic acids is 4. The number of nitrogens with zero attached hydrogens (tertiary/aromatic N) is 1. The second-order valence-electron chi connectivity index (χ2n) is 7.70. The molecular weight excluding hydrogens is 384 g/mol. The van der Waals surface area contributed by atoms with Crippen LogP contribution in [0.1, 0.15) is 31.7 Å². The molecule has 1 aromatic rings. The van der Waals surface area contributed by atoms with Gasteiger partial charge in [0.25, 0.3) is 5.91 Å². The van der Waals surface area contributed by atoms with Crippen LogP contribution < -0.4 is 16.4 Å². The summed E-state index contributed by atoms with van der Waals surface area (Å²) >= 11 is 6.17. The van der Waals surface area contributed by atoms with Crippen LogP contribution in [-0.2, 0) is 24.7 Å². The fourth-order valence-electron chi connectivity index (χ4n) is 4.95. The van der Waals surface area contributed by atoms with Crippen molar-refractivity contribution in [3.05, 3.63) is 28.8 Å². The number of unbranched alkanes of at least 4 members (excludes halogenated alkanes) is 1. The molecule has 0 saturated carbocycles. The summed E-state index contributed by atoms with van der Waals surface area (Å²) < 4.78 is 0. The first kappa shape index (κ1) is 18.9. The number of carbonyl (C=O) groups is 4. The Labute approximate surface area is 166 Å². The fraction of sp³-hybridized carbons (Fsp3) is 0.474. The van der Waals surface area contributed by atoms with Gasteiger partial charge in [0, 0.05) is 17.1 Å². The maximum absolute atomic E-state index is 13.3. The highest BCUT2D eigenvalue weighted by molar-refractivity contribution is 6.31. The van der Waals surface area contributed by atoms with Crippen molar-refractivity contribution in [1.82, 2.24) is 4.90 Å². The minimum Gasteiger partial charge on any atom is -0.369 e. The molecule has 1 spiro atoms. The van der Waals surface area contributed by atoms with E-state index in [1.807, 2.05) is 6.92 Å². The van der Waals surface area contributed by atoms with Crippen LogP contribution in [0, 0.1) is 11.8 Å². The van der Waals surface area contributed by atoms with Gasteiger partial charge in [-0.05, 0) is 24.6 Å². The summed E-state index contributed by atoms with van der Waals surface area (Å²) in [7, 11) is 0. The lowest BCUT2D eigenvalue weighted by Gasteiger charge is -2.26. The number of likely N-dealkylation sites (tertiary alicyclic amines) is 1. The number of benzene rings is 1. The van der Waals surface area contributed by atoms with Crippen molar-refractivity contribution in [2.24, 2.45) is 17.6 Å². The topological polar surface area (TPSA) is 126 Å². The van der Waals surface area contributed by atoms with E-state index in [2.05, 4.69) is 5.32 Å². The van der Waals surface area contributed by atoms with Crippen LogP contribution in [0.2, 0.25) is 5.02 Å². The van der Waals surface area contributed by atoms with E-state index in [1.54, 1.807) is 23.5 Å². The molecule has 9 heteroatoms. The molecule has 1 aromatic carbocycles. The van der Waals surface area contributed by atoms with Crippen LogP contribution in [0.5, 0.6) is 0 Å². The van der Waals surface area contributed by atoms with Crippen molar-refractivity contribution in [2.75, 3.05) is 11.9 Å². The number of imide groups is 1. The summed E-state index contributed by atoms with van der Waals surface area (Å²) in [5, 5.41) is 4.92. The Hall–Kier alpha value is -2.45. The Morgan fingerprint density at radius 1 is 1.32 bits per heavy atom. The maximum Gasteiger partial charge on any atom is 0.291 e. The van der Waals surface area contributed by atoms with Gasteiger partial charge in [-0.3, -0.25) is 24.1 Å². The van der Waals surface area contributed by atoms with E-state index in [0.717, 1.165) is 6.42 Å². The number of rotatable bonds is 5. The first-order valence-electron chi connectivity index (χ1n) is 9.42. The summed E-state index contributed by atoms with van der Waals surface area (Å²) in [6, 6.07) is 4.41. The quantitative estimate of drug-likeness (QED) is 0.582. The van der Waals surface area contributed by atoms with Crippen molar-refractivity contribution in [3.8, 4) is 0 Å². The van der Waals surface area contributed by atoms with Gasteiger partial charge in [-0.2, -0.15) is 0 Å². The lowest BCUT2D eigenvalue weighted by Crippen LogP contribution is -2.99. The van der Waals surface area contributed by atoms with Crippen molar-refractivity contribution in [1.29, 1.82) is 0 Å². The van der Waals surface area contributed by atoms with Gasteiger partial charge >= 0.3 is 0 Å². The maximum atomic E-state index is 13.3. The normalized spacial score (nSPS) is 30.7. The third kappa shape index (κ3) is 2.48. The van der Waals surface area contributed by atoms with E-state index in [9.17, 15) is 19.2 Å². The third-order valence-corrected chi connectivity index (χ3v) is 6.33. The molecule has 4 rings (SSSR count). The molecule has 28 heavy (non-hydrogen) atoms. The number of amides is 4. The molecule has 3 heterocycles. The van der Waals surface area contributed by atoms with Gasteiger partial charge in [0.15, 0.2) is 0 Å². The molecule has 4 atom stereocenters. The largest absolute Gasteiger partial charge is 0.369 e. The number of halogens is 1. The van der Waals surface area contributed by atoms with Crippen LogP contribution in [0.4, 0.5) is 5.69 Å². The van der Waals surface area contributed by atoms with Gasteiger partial charge in [-0.15, -0.1) is 0 Å². The van der Waals surface area contributed by atoms with Crippen LogP contribution in [-0.4, -0.2) is 41.1 Å².